The molecule has 0 saturated heterocycles. The molecule has 0 bridgehead atoms. The summed E-state index contributed by atoms with van der Waals surface area (Å²) in [6.07, 6.45) is -2.78. The van der Waals surface area contributed by atoms with E-state index in [0.29, 0.717) is 6.20 Å². The fourth-order valence-electron chi connectivity index (χ4n) is 1.09. The van der Waals surface area contributed by atoms with Gasteiger partial charge in [-0.05, 0) is 0 Å². The van der Waals surface area contributed by atoms with Crippen LogP contribution in [0.3, 0.4) is 0 Å². The number of nitro groups is 1. The van der Waals surface area contributed by atoms with Crippen LogP contribution in [0.5, 0.6) is 0 Å². The highest BCUT2D eigenvalue weighted by Crippen LogP contribution is 2.32. The van der Waals surface area contributed by atoms with E-state index >= 15 is 0 Å². The van der Waals surface area contributed by atoms with Gasteiger partial charge < -0.3 is 5.73 Å². The highest BCUT2D eigenvalue weighted by Gasteiger charge is 2.30. The zero-order valence-electron chi connectivity index (χ0n) is 7.28. The molecular formula is C7H6F3N3O2. The first-order valence-corrected chi connectivity index (χ1v) is 3.79. The van der Waals surface area contributed by atoms with E-state index in [0.717, 1.165) is 0 Å². The Labute approximate surface area is 81.9 Å². The third kappa shape index (κ3) is 2.04. The van der Waals surface area contributed by atoms with E-state index in [2.05, 4.69) is 4.98 Å². The molecule has 2 N–H and O–H groups in total. The molecule has 0 aliphatic heterocycles. The molecule has 1 aromatic rings. The van der Waals surface area contributed by atoms with E-state index in [-0.39, 0.29) is 5.69 Å². The average molecular weight is 221 g/mol. The van der Waals surface area contributed by atoms with Crippen LogP contribution < -0.4 is 5.73 Å². The molecule has 1 aromatic heterocycles. The molecule has 5 nitrogen and oxygen atoms in total. The van der Waals surface area contributed by atoms with Crippen LogP contribution in [0.25, 0.3) is 0 Å². The lowest BCUT2D eigenvalue weighted by Gasteiger charge is -2.05. The Morgan fingerprint density at radius 3 is 2.60 bits per heavy atom. The minimum absolute atomic E-state index is 0.364. The molecule has 0 aliphatic carbocycles. The van der Waals surface area contributed by atoms with E-state index in [1.54, 1.807) is 0 Å². The molecular weight excluding hydrogens is 215 g/mol. The fraction of sp³-hybridized carbons (Fsp3) is 0.286. The van der Waals surface area contributed by atoms with Gasteiger partial charge in [-0.3, -0.25) is 10.1 Å². The Kier molecular flexibility index (Phi) is 3.20. The maximum Gasteiger partial charge on any atom is 0.303 e. The van der Waals surface area contributed by atoms with Crippen LogP contribution in [0.2, 0.25) is 0 Å². The second kappa shape index (κ2) is 4.22. The average Bonchev–Trinajstić information content (AvgIpc) is 2.16. The van der Waals surface area contributed by atoms with E-state index in [1.807, 2.05) is 0 Å². The fourth-order valence-corrected chi connectivity index (χ4v) is 1.09. The maximum atomic E-state index is 12.9. The molecule has 1 heterocycles. The molecule has 1 rings (SSSR count). The van der Waals surface area contributed by atoms with Crippen LogP contribution in [0, 0.1) is 15.9 Å². The normalized spacial score (nSPS) is 10.7. The zero-order chi connectivity index (χ0) is 11.6. The van der Waals surface area contributed by atoms with Crippen LogP contribution >= 0.6 is 0 Å². The summed E-state index contributed by atoms with van der Waals surface area (Å²) in [5.41, 5.74) is 2.39. The topological polar surface area (TPSA) is 82.0 Å². The van der Waals surface area contributed by atoms with Crippen LogP contribution in [0.1, 0.15) is 17.7 Å². The lowest BCUT2D eigenvalue weighted by molar-refractivity contribution is -0.387. The van der Waals surface area contributed by atoms with Crippen molar-refractivity contribution in [1.29, 1.82) is 0 Å². The molecule has 15 heavy (non-hydrogen) atoms. The first kappa shape index (κ1) is 11.4. The molecule has 0 atom stereocenters. The lowest BCUT2D eigenvalue weighted by atomic mass is 10.1. The minimum Gasteiger partial charge on any atom is -0.325 e. The van der Waals surface area contributed by atoms with Gasteiger partial charge in [-0.25, -0.2) is 18.2 Å². The van der Waals surface area contributed by atoms with E-state index in [1.165, 1.54) is 0 Å². The Hall–Kier alpha value is -1.70. The number of hydrogen-bond acceptors (Lipinski definition) is 4. The molecule has 82 valence electrons. The number of halogens is 3. The number of rotatable bonds is 3. The number of hydrogen-bond donors (Lipinski definition) is 1. The zero-order valence-corrected chi connectivity index (χ0v) is 7.28. The van der Waals surface area contributed by atoms with E-state index in [4.69, 9.17) is 5.73 Å². The van der Waals surface area contributed by atoms with Gasteiger partial charge in [0.25, 0.3) is 6.43 Å². The number of nitrogens with two attached hydrogens (primary N) is 1. The van der Waals surface area contributed by atoms with Crippen molar-refractivity contribution in [2.45, 2.75) is 13.0 Å². The predicted molar refractivity (Wildman–Crippen MR) is 43.7 cm³/mol. The summed E-state index contributed by atoms with van der Waals surface area (Å²) in [7, 11) is 0. The van der Waals surface area contributed by atoms with Crippen LogP contribution in [0.15, 0.2) is 6.20 Å². The summed E-state index contributed by atoms with van der Waals surface area (Å²) in [6.45, 7) is -0.406. The van der Waals surface area contributed by atoms with Crippen molar-refractivity contribution in [3.05, 3.63) is 33.4 Å². The summed E-state index contributed by atoms with van der Waals surface area (Å²) < 4.78 is 37.6. The third-order valence-electron chi connectivity index (χ3n) is 1.71. The van der Waals surface area contributed by atoms with E-state index < -0.39 is 35.0 Å². The van der Waals surface area contributed by atoms with Gasteiger partial charge in [0, 0.05) is 6.54 Å². The Bertz CT molecular complexity index is 397. The second-order valence-electron chi connectivity index (χ2n) is 2.58. The van der Waals surface area contributed by atoms with Crippen LogP contribution in [-0.4, -0.2) is 9.91 Å². The van der Waals surface area contributed by atoms with Crippen molar-refractivity contribution >= 4 is 5.69 Å². The number of nitrogens with zero attached hydrogens (tertiary/aromatic N) is 2. The molecule has 0 amide bonds. The van der Waals surface area contributed by atoms with Gasteiger partial charge in [-0.2, -0.15) is 0 Å². The van der Waals surface area contributed by atoms with Crippen molar-refractivity contribution in [2.75, 3.05) is 0 Å². The highest BCUT2D eigenvalue weighted by atomic mass is 19.3. The van der Waals surface area contributed by atoms with Crippen molar-refractivity contribution in [2.24, 2.45) is 5.73 Å². The molecule has 0 radical (unpaired) electrons. The number of alkyl halides is 2. The van der Waals surface area contributed by atoms with Crippen LogP contribution in [0.4, 0.5) is 18.9 Å². The van der Waals surface area contributed by atoms with Gasteiger partial charge in [0.05, 0.1) is 11.1 Å². The monoisotopic (exact) mass is 221 g/mol. The number of pyridine rings is 1. The molecule has 0 aromatic carbocycles. The smallest absolute Gasteiger partial charge is 0.303 e. The summed E-state index contributed by atoms with van der Waals surface area (Å²) in [4.78, 5) is 12.6. The Morgan fingerprint density at radius 2 is 2.20 bits per heavy atom. The molecule has 0 saturated carbocycles. The van der Waals surface area contributed by atoms with Gasteiger partial charge in [0.1, 0.15) is 11.3 Å². The van der Waals surface area contributed by atoms with Gasteiger partial charge in [0.15, 0.2) is 5.82 Å². The predicted octanol–water partition coefficient (Wildman–Crippen LogP) is 1.53. The molecule has 0 spiro atoms. The van der Waals surface area contributed by atoms with Gasteiger partial charge >= 0.3 is 5.69 Å². The number of aromatic nitrogens is 1. The van der Waals surface area contributed by atoms with Crippen LogP contribution in [-0.2, 0) is 6.54 Å². The SMILES string of the molecule is NCc1ncc(F)c(C(F)F)c1[N+](=O)[O-]. The summed E-state index contributed by atoms with van der Waals surface area (Å²) in [6, 6.07) is 0. The summed E-state index contributed by atoms with van der Waals surface area (Å²) >= 11 is 0. The molecule has 8 heteroatoms. The summed E-state index contributed by atoms with van der Waals surface area (Å²) in [5, 5.41) is 10.5. The Balaban J connectivity index is 3.51. The van der Waals surface area contributed by atoms with Gasteiger partial charge in [-0.15, -0.1) is 0 Å². The van der Waals surface area contributed by atoms with Crippen molar-refractivity contribution in [3.8, 4) is 0 Å². The molecule has 0 aliphatic rings. The molecule has 0 fully saturated rings. The summed E-state index contributed by atoms with van der Waals surface area (Å²) in [5.74, 6) is -1.41. The standard InChI is InChI=1S/C7H6F3N3O2/c8-3-2-12-4(1-11)6(13(14)15)5(3)7(9)10/h2,7H,1,11H2. The highest BCUT2D eigenvalue weighted by molar-refractivity contribution is 5.45. The molecule has 0 unspecified atom stereocenters. The van der Waals surface area contributed by atoms with Crippen molar-refractivity contribution < 1.29 is 18.1 Å². The van der Waals surface area contributed by atoms with Crippen molar-refractivity contribution in [1.82, 2.24) is 4.98 Å². The maximum absolute atomic E-state index is 12.9. The quantitative estimate of drug-likeness (QED) is 0.619. The lowest BCUT2D eigenvalue weighted by Crippen LogP contribution is -2.09. The van der Waals surface area contributed by atoms with E-state index in [9.17, 15) is 23.3 Å². The largest absolute Gasteiger partial charge is 0.325 e. The first-order chi connectivity index (χ1) is 6.99. The Morgan fingerprint density at radius 1 is 1.60 bits per heavy atom. The third-order valence-corrected chi connectivity index (χ3v) is 1.71. The van der Waals surface area contributed by atoms with Gasteiger partial charge in [-0.1, -0.05) is 0 Å². The second-order valence-corrected chi connectivity index (χ2v) is 2.58. The first-order valence-electron chi connectivity index (χ1n) is 3.79. The minimum atomic E-state index is -3.28. The van der Waals surface area contributed by atoms with Crippen molar-refractivity contribution in [3.63, 3.8) is 0 Å². The van der Waals surface area contributed by atoms with Gasteiger partial charge in [0.2, 0.25) is 0 Å².